The van der Waals surface area contributed by atoms with E-state index in [0.717, 1.165) is 5.75 Å². The van der Waals surface area contributed by atoms with Crippen LogP contribution in [0.3, 0.4) is 0 Å². The Morgan fingerprint density at radius 3 is 2.29 bits per heavy atom. The molecule has 0 aliphatic heterocycles. The maximum atomic E-state index is 5.73. The minimum atomic E-state index is 0.186. The highest BCUT2D eigenvalue weighted by Crippen LogP contribution is 2.33. The molecule has 0 saturated heterocycles. The molecule has 0 aliphatic rings. The zero-order chi connectivity index (χ0) is 13.1. The van der Waals surface area contributed by atoms with Crippen molar-refractivity contribution in [1.82, 2.24) is 5.32 Å². The zero-order valence-electron chi connectivity index (χ0n) is 11.9. The summed E-state index contributed by atoms with van der Waals surface area (Å²) in [5.41, 5.74) is 1.46. The number of nitrogens with one attached hydrogen (secondary N) is 1. The minimum absolute atomic E-state index is 0.186. The first kappa shape index (κ1) is 14.0. The van der Waals surface area contributed by atoms with Gasteiger partial charge in [-0.25, -0.2) is 0 Å². The fourth-order valence-corrected chi connectivity index (χ4v) is 2.14. The van der Waals surface area contributed by atoms with Gasteiger partial charge in [0.2, 0.25) is 0 Å². The summed E-state index contributed by atoms with van der Waals surface area (Å²) in [6.07, 6.45) is 0.216. The molecule has 0 bridgehead atoms. The molecule has 96 valence electrons. The van der Waals surface area contributed by atoms with Crippen LogP contribution >= 0.6 is 0 Å². The van der Waals surface area contributed by atoms with Crippen LogP contribution in [-0.4, -0.2) is 13.2 Å². The van der Waals surface area contributed by atoms with E-state index in [9.17, 15) is 0 Å². The Hall–Kier alpha value is -1.02. The van der Waals surface area contributed by atoms with Crippen molar-refractivity contribution in [2.24, 2.45) is 5.41 Å². The first-order chi connectivity index (χ1) is 7.84. The average molecular weight is 235 g/mol. The molecule has 1 aromatic rings. The Kier molecular flexibility index (Phi) is 4.58. The molecule has 0 saturated carbocycles. The number of benzene rings is 1. The highest BCUT2D eigenvalue weighted by atomic mass is 16.5. The number of hydrogen-bond donors (Lipinski definition) is 1. The second-order valence-electron chi connectivity index (χ2n) is 5.83. The van der Waals surface area contributed by atoms with Crippen molar-refractivity contribution in [2.75, 3.05) is 7.05 Å². The van der Waals surface area contributed by atoms with Crippen molar-refractivity contribution >= 4 is 0 Å². The van der Waals surface area contributed by atoms with Crippen molar-refractivity contribution in [3.05, 3.63) is 29.8 Å². The molecule has 2 heteroatoms. The summed E-state index contributed by atoms with van der Waals surface area (Å²) >= 11 is 0. The summed E-state index contributed by atoms with van der Waals surface area (Å²) in [7, 11) is 2.01. The third-order valence-corrected chi connectivity index (χ3v) is 2.72. The van der Waals surface area contributed by atoms with Gasteiger partial charge in [-0.1, -0.05) is 32.9 Å². The van der Waals surface area contributed by atoms with Crippen molar-refractivity contribution in [3.8, 4) is 5.75 Å². The molecule has 2 nitrogen and oxygen atoms in total. The average Bonchev–Trinajstić information content (AvgIpc) is 2.15. The third kappa shape index (κ3) is 4.04. The quantitative estimate of drug-likeness (QED) is 0.857. The molecular formula is C15H25NO. The topological polar surface area (TPSA) is 21.3 Å². The molecule has 0 fully saturated rings. The van der Waals surface area contributed by atoms with Crippen molar-refractivity contribution < 1.29 is 4.74 Å². The van der Waals surface area contributed by atoms with E-state index in [4.69, 9.17) is 4.74 Å². The van der Waals surface area contributed by atoms with Crippen LogP contribution in [0.25, 0.3) is 0 Å². The summed E-state index contributed by atoms with van der Waals surface area (Å²) in [5, 5.41) is 3.38. The van der Waals surface area contributed by atoms with E-state index in [0.29, 0.717) is 6.04 Å². The molecule has 0 amide bonds. The molecule has 0 aromatic heterocycles. The van der Waals surface area contributed by atoms with Crippen LogP contribution in [0.2, 0.25) is 0 Å². The Morgan fingerprint density at radius 1 is 1.18 bits per heavy atom. The van der Waals surface area contributed by atoms with Crippen LogP contribution in [-0.2, 0) is 0 Å². The largest absolute Gasteiger partial charge is 0.491 e. The van der Waals surface area contributed by atoms with E-state index in [1.54, 1.807) is 0 Å². The number of hydrogen-bond acceptors (Lipinski definition) is 2. The smallest absolute Gasteiger partial charge is 0.120 e. The predicted molar refractivity (Wildman–Crippen MR) is 73.5 cm³/mol. The lowest BCUT2D eigenvalue weighted by molar-refractivity contribution is 0.240. The highest BCUT2D eigenvalue weighted by Gasteiger charge is 2.24. The second kappa shape index (κ2) is 5.54. The maximum absolute atomic E-state index is 5.73. The summed E-state index contributed by atoms with van der Waals surface area (Å²) < 4.78 is 5.73. The van der Waals surface area contributed by atoms with Gasteiger partial charge in [0.1, 0.15) is 5.75 Å². The van der Waals surface area contributed by atoms with Crippen LogP contribution < -0.4 is 10.1 Å². The summed E-state index contributed by atoms with van der Waals surface area (Å²) in [6, 6.07) is 8.69. The van der Waals surface area contributed by atoms with Crippen molar-refractivity contribution in [3.63, 3.8) is 0 Å². The predicted octanol–water partition coefficient (Wildman–Crippen LogP) is 3.78. The van der Waals surface area contributed by atoms with E-state index >= 15 is 0 Å². The Morgan fingerprint density at radius 2 is 1.82 bits per heavy atom. The van der Waals surface area contributed by atoms with E-state index in [-0.39, 0.29) is 11.5 Å². The van der Waals surface area contributed by atoms with Gasteiger partial charge in [0.15, 0.2) is 0 Å². The molecule has 1 N–H and O–H groups in total. The fraction of sp³-hybridized carbons (Fsp3) is 0.600. The molecule has 1 atom stereocenters. The first-order valence-corrected chi connectivity index (χ1v) is 6.28. The van der Waals surface area contributed by atoms with E-state index in [1.165, 1.54) is 5.56 Å². The second-order valence-corrected chi connectivity index (χ2v) is 5.83. The van der Waals surface area contributed by atoms with Gasteiger partial charge in [-0.05, 0) is 44.0 Å². The summed E-state index contributed by atoms with van der Waals surface area (Å²) in [6.45, 7) is 10.8. The SMILES string of the molecule is CNC(c1cccc(OC(C)C)c1)C(C)(C)C. The molecule has 1 unspecified atom stereocenters. The lowest BCUT2D eigenvalue weighted by atomic mass is 9.82. The number of ether oxygens (including phenoxy) is 1. The molecular weight excluding hydrogens is 210 g/mol. The van der Waals surface area contributed by atoms with E-state index < -0.39 is 0 Å². The number of rotatable bonds is 4. The third-order valence-electron chi connectivity index (χ3n) is 2.72. The van der Waals surface area contributed by atoms with Crippen LogP contribution in [0.5, 0.6) is 5.75 Å². The van der Waals surface area contributed by atoms with Gasteiger partial charge in [-0.2, -0.15) is 0 Å². The zero-order valence-corrected chi connectivity index (χ0v) is 11.9. The molecule has 17 heavy (non-hydrogen) atoms. The van der Waals surface area contributed by atoms with Crippen LogP contribution in [0, 0.1) is 5.41 Å². The van der Waals surface area contributed by atoms with E-state index in [1.807, 2.05) is 27.0 Å². The maximum Gasteiger partial charge on any atom is 0.120 e. The Bertz CT molecular complexity index is 352. The minimum Gasteiger partial charge on any atom is -0.491 e. The molecule has 1 rings (SSSR count). The standard InChI is InChI=1S/C15H25NO/c1-11(2)17-13-9-7-8-12(10-13)14(16-6)15(3,4)5/h7-11,14,16H,1-6H3. The Balaban J connectivity index is 2.97. The van der Waals surface area contributed by atoms with E-state index in [2.05, 4.69) is 44.3 Å². The van der Waals surface area contributed by atoms with Gasteiger partial charge >= 0.3 is 0 Å². The van der Waals surface area contributed by atoms with Gasteiger partial charge < -0.3 is 10.1 Å². The molecule has 0 spiro atoms. The lowest BCUT2D eigenvalue weighted by Crippen LogP contribution is -2.29. The first-order valence-electron chi connectivity index (χ1n) is 6.28. The molecule has 0 radical (unpaired) electrons. The van der Waals surface area contributed by atoms with Gasteiger partial charge in [0.25, 0.3) is 0 Å². The Labute approximate surface area is 105 Å². The lowest BCUT2D eigenvalue weighted by Gasteiger charge is -2.31. The van der Waals surface area contributed by atoms with Gasteiger partial charge in [0, 0.05) is 6.04 Å². The van der Waals surface area contributed by atoms with Gasteiger partial charge in [-0.15, -0.1) is 0 Å². The summed E-state index contributed by atoms with van der Waals surface area (Å²) in [4.78, 5) is 0. The van der Waals surface area contributed by atoms with Crippen LogP contribution in [0.4, 0.5) is 0 Å². The molecule has 0 aliphatic carbocycles. The van der Waals surface area contributed by atoms with Crippen molar-refractivity contribution in [2.45, 2.75) is 46.8 Å². The highest BCUT2D eigenvalue weighted by molar-refractivity contribution is 5.31. The van der Waals surface area contributed by atoms with Crippen molar-refractivity contribution in [1.29, 1.82) is 0 Å². The van der Waals surface area contributed by atoms with Gasteiger partial charge in [0.05, 0.1) is 6.10 Å². The fourth-order valence-electron chi connectivity index (χ4n) is 2.14. The van der Waals surface area contributed by atoms with Crippen LogP contribution in [0.15, 0.2) is 24.3 Å². The normalized spacial score (nSPS) is 13.8. The molecule has 0 heterocycles. The van der Waals surface area contributed by atoms with Crippen LogP contribution in [0.1, 0.15) is 46.2 Å². The molecule has 1 aromatic carbocycles. The summed E-state index contributed by atoms with van der Waals surface area (Å²) in [5.74, 6) is 0.946. The van der Waals surface area contributed by atoms with Gasteiger partial charge in [-0.3, -0.25) is 0 Å². The monoisotopic (exact) mass is 235 g/mol.